The Balaban J connectivity index is 0.863. The van der Waals surface area contributed by atoms with E-state index in [1.54, 1.807) is 0 Å². The summed E-state index contributed by atoms with van der Waals surface area (Å²) in [7, 11) is 0. The molecule has 0 unspecified atom stereocenters. The summed E-state index contributed by atoms with van der Waals surface area (Å²) >= 11 is 0. The first-order valence-electron chi connectivity index (χ1n) is 23.0. The monoisotopic (exact) mass is 867 g/mol. The van der Waals surface area contributed by atoms with E-state index in [0.29, 0.717) is 17.5 Å². The van der Waals surface area contributed by atoms with Gasteiger partial charge in [-0.3, -0.25) is 0 Å². The summed E-state index contributed by atoms with van der Waals surface area (Å²) in [5.74, 6) is 1.93. The number of nitrogens with zero attached hydrogens (tertiary/aromatic N) is 5. The minimum atomic E-state index is 0.636. The van der Waals surface area contributed by atoms with Crippen LogP contribution < -0.4 is 0 Å². The lowest BCUT2D eigenvalue weighted by Gasteiger charge is -2.14. The van der Waals surface area contributed by atoms with Gasteiger partial charge in [-0.05, 0) is 88.5 Å². The lowest BCUT2D eigenvalue weighted by molar-refractivity contribution is 1.07. The van der Waals surface area contributed by atoms with Crippen LogP contribution in [0.5, 0.6) is 0 Å². The number of fused-ring (bicyclic) bond motifs is 6. The molecule has 13 rings (SSSR count). The molecule has 0 fully saturated rings. The maximum Gasteiger partial charge on any atom is 0.164 e. The van der Waals surface area contributed by atoms with E-state index in [-0.39, 0.29) is 0 Å². The molecule has 318 valence electrons. The van der Waals surface area contributed by atoms with Crippen molar-refractivity contribution in [1.29, 1.82) is 0 Å². The van der Waals surface area contributed by atoms with Gasteiger partial charge in [0.15, 0.2) is 17.5 Å². The van der Waals surface area contributed by atoms with E-state index in [0.717, 1.165) is 39.0 Å². The molecular formula is C63H41N5. The maximum absolute atomic E-state index is 5.01. The van der Waals surface area contributed by atoms with E-state index >= 15 is 0 Å². The molecule has 10 aromatic carbocycles. The molecule has 0 spiro atoms. The number of aromatic nitrogens is 5. The van der Waals surface area contributed by atoms with Gasteiger partial charge in [-0.1, -0.05) is 188 Å². The molecule has 0 amide bonds. The third kappa shape index (κ3) is 6.76. The molecule has 3 heterocycles. The van der Waals surface area contributed by atoms with Gasteiger partial charge in [0.1, 0.15) is 0 Å². The quantitative estimate of drug-likeness (QED) is 0.153. The minimum Gasteiger partial charge on any atom is -0.309 e. The van der Waals surface area contributed by atoms with E-state index in [9.17, 15) is 0 Å². The third-order valence-electron chi connectivity index (χ3n) is 13.2. The van der Waals surface area contributed by atoms with Gasteiger partial charge in [0.05, 0.1) is 27.8 Å². The lowest BCUT2D eigenvalue weighted by atomic mass is 10.0. The van der Waals surface area contributed by atoms with Gasteiger partial charge in [0, 0.05) is 49.5 Å². The first kappa shape index (κ1) is 39.2. The van der Waals surface area contributed by atoms with Crippen LogP contribution in [0.4, 0.5) is 0 Å². The number of hydrogen-bond donors (Lipinski definition) is 0. The van der Waals surface area contributed by atoms with Gasteiger partial charge in [0.2, 0.25) is 0 Å². The lowest BCUT2D eigenvalue weighted by Crippen LogP contribution is -2.00. The SMILES string of the molecule is c1ccc(-c2nc(-c3ccccc3)nc(-c3cccc(-c4ccc5c(c4)c4ccccc4n5-c4ccc(-c5ccc6c(c5)c5ccccc5n6-c5ccccc5-c5ccccc5)cc4)c3)n2)cc1. The minimum absolute atomic E-state index is 0.636. The second-order valence-corrected chi connectivity index (χ2v) is 17.2. The van der Waals surface area contributed by atoms with E-state index in [1.807, 2.05) is 60.7 Å². The molecule has 5 nitrogen and oxygen atoms in total. The van der Waals surface area contributed by atoms with Crippen LogP contribution in [0.1, 0.15) is 0 Å². The van der Waals surface area contributed by atoms with Crippen LogP contribution in [0.25, 0.3) is 123 Å². The Morgan fingerprint density at radius 2 is 0.647 bits per heavy atom. The van der Waals surface area contributed by atoms with Gasteiger partial charge < -0.3 is 9.13 Å². The number of hydrogen-bond acceptors (Lipinski definition) is 3. The molecule has 0 radical (unpaired) electrons. The Morgan fingerprint density at radius 1 is 0.235 bits per heavy atom. The molecule has 0 aliphatic rings. The van der Waals surface area contributed by atoms with E-state index in [2.05, 4.69) is 197 Å². The van der Waals surface area contributed by atoms with Crippen molar-refractivity contribution in [3.05, 3.63) is 249 Å². The van der Waals surface area contributed by atoms with E-state index in [1.165, 1.54) is 66.0 Å². The Labute approximate surface area is 393 Å². The van der Waals surface area contributed by atoms with Crippen molar-refractivity contribution in [3.8, 4) is 78.9 Å². The van der Waals surface area contributed by atoms with Crippen molar-refractivity contribution in [3.63, 3.8) is 0 Å². The summed E-state index contributed by atoms with van der Waals surface area (Å²) in [5, 5.41) is 4.87. The summed E-state index contributed by atoms with van der Waals surface area (Å²) in [6.45, 7) is 0. The standard InChI is InChI=1S/C63H41N5/c1-4-17-43(18-5-1)51-25-10-13-28-56(51)68-58-30-15-12-27-53(58)55-40-47(33-38-60(55)68)42-31-35-50(36-32-42)67-57-29-14-11-26-52(57)54-41-48(34-37-59(54)67)46-23-16-24-49(39-46)63-65-61(44-19-6-2-7-20-44)64-62(66-63)45-21-8-3-9-22-45/h1-41H. The molecule has 13 aromatic rings. The van der Waals surface area contributed by atoms with Crippen LogP contribution in [0, 0.1) is 0 Å². The van der Waals surface area contributed by atoms with Crippen molar-refractivity contribution < 1.29 is 0 Å². The average molecular weight is 868 g/mol. The van der Waals surface area contributed by atoms with Crippen LogP contribution in [-0.4, -0.2) is 24.1 Å². The van der Waals surface area contributed by atoms with Gasteiger partial charge >= 0.3 is 0 Å². The fourth-order valence-electron chi connectivity index (χ4n) is 9.95. The second kappa shape index (κ2) is 16.4. The average Bonchev–Trinajstić information content (AvgIpc) is 3.94. The van der Waals surface area contributed by atoms with Crippen LogP contribution in [-0.2, 0) is 0 Å². The Morgan fingerprint density at radius 3 is 1.26 bits per heavy atom. The first-order valence-corrected chi connectivity index (χ1v) is 23.0. The normalized spacial score (nSPS) is 11.5. The largest absolute Gasteiger partial charge is 0.309 e. The summed E-state index contributed by atoms with van der Waals surface area (Å²) in [6, 6.07) is 88.3. The topological polar surface area (TPSA) is 48.5 Å². The molecule has 0 saturated carbocycles. The molecule has 5 heteroatoms. The third-order valence-corrected chi connectivity index (χ3v) is 13.2. The molecule has 0 bridgehead atoms. The zero-order valence-electron chi connectivity index (χ0n) is 36.9. The van der Waals surface area contributed by atoms with Gasteiger partial charge in [-0.2, -0.15) is 0 Å². The summed E-state index contributed by atoms with van der Waals surface area (Å²) in [4.78, 5) is 14.9. The zero-order valence-corrected chi connectivity index (χ0v) is 36.9. The summed E-state index contributed by atoms with van der Waals surface area (Å²) in [6.07, 6.45) is 0. The molecule has 3 aromatic heterocycles. The molecule has 68 heavy (non-hydrogen) atoms. The first-order chi connectivity index (χ1) is 33.7. The maximum atomic E-state index is 5.01. The van der Waals surface area contributed by atoms with Crippen molar-refractivity contribution in [2.75, 3.05) is 0 Å². The Bertz CT molecular complexity index is 3940. The molecule has 0 N–H and O–H groups in total. The zero-order chi connectivity index (χ0) is 45.0. The number of benzene rings is 10. The molecule has 0 atom stereocenters. The van der Waals surface area contributed by atoms with Gasteiger partial charge in [0.25, 0.3) is 0 Å². The summed E-state index contributed by atoms with van der Waals surface area (Å²) in [5.41, 5.74) is 16.8. The molecule has 0 aliphatic carbocycles. The smallest absolute Gasteiger partial charge is 0.164 e. The number of rotatable bonds is 8. The highest BCUT2D eigenvalue weighted by atomic mass is 15.0. The highest BCUT2D eigenvalue weighted by Crippen LogP contribution is 2.40. The predicted octanol–water partition coefficient (Wildman–Crippen LogP) is 16.1. The van der Waals surface area contributed by atoms with Gasteiger partial charge in [-0.25, -0.2) is 15.0 Å². The van der Waals surface area contributed by atoms with Crippen LogP contribution in [0.15, 0.2) is 249 Å². The van der Waals surface area contributed by atoms with Gasteiger partial charge in [-0.15, -0.1) is 0 Å². The second-order valence-electron chi connectivity index (χ2n) is 17.2. The van der Waals surface area contributed by atoms with Crippen LogP contribution in [0.3, 0.4) is 0 Å². The van der Waals surface area contributed by atoms with Crippen molar-refractivity contribution >= 4 is 43.6 Å². The Hall–Kier alpha value is -9.19. The molecule has 0 aliphatic heterocycles. The highest BCUT2D eigenvalue weighted by Gasteiger charge is 2.18. The molecule has 0 saturated heterocycles. The molecular weight excluding hydrogens is 827 g/mol. The predicted molar refractivity (Wildman–Crippen MR) is 281 cm³/mol. The van der Waals surface area contributed by atoms with Crippen molar-refractivity contribution in [2.45, 2.75) is 0 Å². The van der Waals surface area contributed by atoms with Crippen LogP contribution in [0.2, 0.25) is 0 Å². The Kier molecular flexibility index (Phi) is 9.43. The van der Waals surface area contributed by atoms with Crippen molar-refractivity contribution in [1.82, 2.24) is 24.1 Å². The highest BCUT2D eigenvalue weighted by molar-refractivity contribution is 6.12. The fraction of sp³-hybridized carbons (Fsp3) is 0. The van der Waals surface area contributed by atoms with E-state index < -0.39 is 0 Å². The van der Waals surface area contributed by atoms with Crippen LogP contribution >= 0.6 is 0 Å². The fourth-order valence-corrected chi connectivity index (χ4v) is 9.95. The van der Waals surface area contributed by atoms with E-state index in [4.69, 9.17) is 15.0 Å². The number of para-hydroxylation sites is 3. The van der Waals surface area contributed by atoms with Crippen molar-refractivity contribution in [2.24, 2.45) is 0 Å². The summed E-state index contributed by atoms with van der Waals surface area (Å²) < 4.78 is 4.81.